The van der Waals surface area contributed by atoms with Gasteiger partial charge in [-0.1, -0.05) is 319 Å². The second-order valence-corrected chi connectivity index (χ2v) is 33.1. The highest BCUT2D eigenvalue weighted by molar-refractivity contribution is 4.84. The molecule has 0 heterocycles. The Hall–Kier alpha value is -2.31. The third-order valence-electron chi connectivity index (χ3n) is 15.6. The van der Waals surface area contributed by atoms with Crippen molar-refractivity contribution in [2.45, 2.75) is 446 Å². The van der Waals surface area contributed by atoms with E-state index in [-0.39, 0.29) is 45.4 Å². The number of alkyl halides is 33. The molecule has 114 heavy (non-hydrogen) atoms. The van der Waals surface area contributed by atoms with Gasteiger partial charge in [0.15, 0.2) is 11.3 Å². The second kappa shape index (κ2) is 71.3. The monoisotopic (exact) mass is 1760 g/mol. The molecule has 3 atom stereocenters. The molecule has 1 unspecified atom stereocenters. The Bertz CT molecular complexity index is 1910. The van der Waals surface area contributed by atoms with Gasteiger partial charge in [0.25, 0.3) is 0 Å². The van der Waals surface area contributed by atoms with Crippen LogP contribution in [0, 0.1) is 80.8 Å². The molecule has 0 bridgehead atoms. The third-order valence-corrected chi connectivity index (χ3v) is 15.6. The van der Waals surface area contributed by atoms with Crippen LogP contribution in [0.25, 0.3) is 0 Å². The quantitative estimate of drug-likeness (QED) is 0.107. The van der Waals surface area contributed by atoms with Crippen LogP contribution in [0.2, 0.25) is 0 Å². The maximum atomic E-state index is 11.7. The lowest BCUT2D eigenvalue weighted by Gasteiger charge is -2.29. The predicted molar refractivity (Wildman–Crippen MR) is 409 cm³/mol. The molecule has 0 rings (SSSR count). The van der Waals surface area contributed by atoms with Crippen molar-refractivity contribution >= 4 is 0 Å². The third kappa shape index (κ3) is 133. The Morgan fingerprint density at radius 3 is 0.561 bits per heavy atom. The first-order valence-electron chi connectivity index (χ1n) is 39.5. The highest BCUT2D eigenvalue weighted by atomic mass is 19.5. The minimum atomic E-state index is -5.24. The molecule has 0 aliphatic carbocycles. The zero-order chi connectivity index (χ0) is 97.6. The summed E-state index contributed by atoms with van der Waals surface area (Å²) in [5.74, 6) is -5.28. The first kappa shape index (κ1) is 143. The van der Waals surface area contributed by atoms with Crippen LogP contribution in [0.15, 0.2) is 0 Å². The lowest BCUT2D eigenvalue weighted by atomic mass is 9.92. The van der Waals surface area contributed by atoms with Gasteiger partial charge in [-0.15, -0.1) is 0 Å². The summed E-state index contributed by atoms with van der Waals surface area (Å²) in [4.78, 5) is 0. The zero-order valence-corrected chi connectivity index (χ0v) is 76.1. The van der Waals surface area contributed by atoms with E-state index in [2.05, 4.69) is 138 Å². The van der Waals surface area contributed by atoms with Crippen LogP contribution in [-0.2, 0) is 0 Å². The van der Waals surface area contributed by atoms with Crippen LogP contribution >= 0.6 is 0 Å². The van der Waals surface area contributed by atoms with E-state index in [4.69, 9.17) is 1.37 Å². The number of hydrogen-bond donors (Lipinski definition) is 0. The number of rotatable bonds is 16. The van der Waals surface area contributed by atoms with Gasteiger partial charge < -0.3 is 0 Å². The molecule has 0 saturated carbocycles. The van der Waals surface area contributed by atoms with Crippen molar-refractivity contribution in [1.29, 1.82) is 0 Å². The van der Waals surface area contributed by atoms with Gasteiger partial charge in [-0.2, -0.15) is 145 Å². The van der Waals surface area contributed by atoms with E-state index in [1.165, 1.54) is 79.1 Å². The van der Waals surface area contributed by atoms with Crippen LogP contribution < -0.4 is 0 Å². The molecule has 0 aromatic carbocycles. The molecular weight excluding hydrogens is 1600 g/mol. The molecule has 0 radical (unpaired) electrons. The minimum Gasteiger partial charge on any atom is -0.171 e. The summed E-state index contributed by atoms with van der Waals surface area (Å²) in [5, 5.41) is 0. The van der Waals surface area contributed by atoms with E-state index >= 15 is 0 Å². The van der Waals surface area contributed by atoms with Crippen molar-refractivity contribution in [3.8, 4) is 0 Å². The Kier molecular flexibility index (Phi) is 89.7. The van der Waals surface area contributed by atoms with Crippen LogP contribution in [0.1, 0.15) is 380 Å². The summed E-state index contributed by atoms with van der Waals surface area (Å²) in [6, 6.07) is 0. The second-order valence-electron chi connectivity index (χ2n) is 33.1. The lowest BCUT2D eigenvalue weighted by molar-refractivity contribution is -0.327. The maximum absolute atomic E-state index is 11.7. The van der Waals surface area contributed by atoms with E-state index in [9.17, 15) is 145 Å². The van der Waals surface area contributed by atoms with Crippen LogP contribution in [0.5, 0.6) is 0 Å². The largest absolute Gasteiger partial charge is 0.402 e. The summed E-state index contributed by atoms with van der Waals surface area (Å²) < 4.78 is 388. The van der Waals surface area contributed by atoms with Crippen molar-refractivity contribution < 1.29 is 146 Å². The standard InChI is InChI=1S/2C6H8F6.2C6H11F3.4C6H14.C5H6F6.2C5H9F3.2C5H12.C4H7F3.C4H10/c1-4(6(10,11)12)2-3-5(7,8)9;1-2-3-4(5(7,8)9)6(10,11)12;1-3-4-5(2)6(7,8)9;1-2-3-4-5-6(7,8)9;2*1-5-6(2,3)4;1-5(2)6(3)4;1-4-6(3)5-2;1-3(2,4(6,7)8)5(9,10)11;1-4(2,3)5(6,7)8;1-3-4(2)5(6,7)8;1-4-5(2)3;1-3-5-4-2;1-3(2)4(5,6)7;1-4(2)3/h2*4H,2-3H2,1H3;5H,3-4H2,1-2H3;2-5H2,1H3;2*5H2,1-4H3;5-6H,1-4H3;6H,4-5H2,1-3H3;1-2H3;1-3H3;4H,3H2,1-2H3;5H,4H2,1-3H3;3-5H2,1-2H3;3H,1-2H3;4H,1-3H3/t4-;;5-;;;;;;;;;;;;/m0.0............/s1/i;;;;;;;;;;;;;;4D. The zero-order valence-electron chi connectivity index (χ0n) is 77.1. The fourth-order valence-electron chi connectivity index (χ4n) is 3.55. The minimum absolute atomic E-state index is 0.104. The first-order chi connectivity index (χ1) is 49.8. The number of unbranched alkanes of at least 4 members (excludes halogenated alkanes) is 4. The lowest BCUT2D eigenvalue weighted by Crippen LogP contribution is -2.44. The van der Waals surface area contributed by atoms with Gasteiger partial charge in [-0.25, -0.2) is 0 Å². The molecule has 0 N–H and O–H groups in total. The molecule has 714 valence electrons. The predicted octanol–water partition coefficient (Wildman–Crippen LogP) is 39.2. The maximum Gasteiger partial charge on any atom is 0.402 e. The summed E-state index contributed by atoms with van der Waals surface area (Å²) >= 11 is 0. The van der Waals surface area contributed by atoms with Gasteiger partial charge in [0.1, 0.15) is 0 Å². The highest BCUT2D eigenvalue weighted by Gasteiger charge is 2.64. The van der Waals surface area contributed by atoms with Crippen molar-refractivity contribution in [2.75, 3.05) is 0 Å². The summed E-state index contributed by atoms with van der Waals surface area (Å²) in [6.07, 6.45) is -40.4. The Balaban J connectivity index is -0.0000000723. The van der Waals surface area contributed by atoms with Crippen LogP contribution in [-0.4, -0.2) is 67.9 Å². The summed E-state index contributed by atoms with van der Waals surface area (Å²) in [6.45, 7) is 65.7. The van der Waals surface area contributed by atoms with Crippen molar-refractivity contribution in [2.24, 2.45) is 80.8 Å². The fourth-order valence-corrected chi connectivity index (χ4v) is 3.55. The highest BCUT2D eigenvalue weighted by Crippen LogP contribution is 2.49. The van der Waals surface area contributed by atoms with E-state index in [0.29, 0.717) is 23.7 Å². The molecule has 0 aliphatic heterocycles. The smallest absolute Gasteiger partial charge is 0.171 e. The van der Waals surface area contributed by atoms with E-state index in [1.54, 1.807) is 6.92 Å². The van der Waals surface area contributed by atoms with Gasteiger partial charge in [-0.3, -0.25) is 0 Å². The molecule has 0 amide bonds. The molecule has 0 aromatic heterocycles. The average Bonchev–Trinajstić information content (AvgIpc) is 0.804. The number of hydrogen-bond acceptors (Lipinski definition) is 0. The van der Waals surface area contributed by atoms with Crippen LogP contribution in [0.4, 0.5) is 145 Å². The van der Waals surface area contributed by atoms with Gasteiger partial charge in [0, 0.05) is 20.1 Å². The van der Waals surface area contributed by atoms with Crippen molar-refractivity contribution in [3.05, 3.63) is 0 Å². The first-order valence-corrected chi connectivity index (χ1v) is 39.0. The molecule has 0 nitrogen and oxygen atoms in total. The van der Waals surface area contributed by atoms with Crippen molar-refractivity contribution in [1.82, 2.24) is 0 Å². The Morgan fingerprint density at radius 2 is 0.491 bits per heavy atom. The SMILES string of the molecule is CC(C)(C(F)(F)F)C(F)(F)F.CC(C)(C)C(F)(F)F.CC(C)C(C)C.CC(C)C(F)(F)F.CCC(C)(C)C.CCC(C)(C)C.CCC(C)C.CCC(C)C(F)(F)F.CCC(C)CC.CCCC(C(F)(F)F)C(F)(F)F.CCCCC.CCCCCC(F)(F)F.CCC[C@H](C)C(F)(F)F.C[C@@H](CCC(F)(F)F)C(F)(F)F.[2H]C(C)(C)C. The van der Waals surface area contributed by atoms with E-state index < -0.39 is 134 Å². The molecule has 0 spiro atoms. The summed E-state index contributed by atoms with van der Waals surface area (Å²) in [7, 11) is 0. The Labute approximate surface area is 671 Å². The fraction of sp³-hybridized carbons (Fsp3) is 1.00. The van der Waals surface area contributed by atoms with Crippen LogP contribution in [0.3, 0.4) is 0 Å². The van der Waals surface area contributed by atoms with Crippen molar-refractivity contribution in [3.63, 3.8) is 0 Å². The van der Waals surface area contributed by atoms with Gasteiger partial charge >= 0.3 is 67.9 Å². The topological polar surface area (TPSA) is 0 Å². The molecular formula is C81H159F33. The van der Waals surface area contributed by atoms with Gasteiger partial charge in [0.2, 0.25) is 0 Å². The van der Waals surface area contributed by atoms with Gasteiger partial charge in [-0.05, 0) is 86.3 Å². The summed E-state index contributed by atoms with van der Waals surface area (Å²) in [5.41, 5.74) is -4.10. The number of halogens is 33. The van der Waals surface area contributed by atoms with E-state index in [1.807, 2.05) is 27.7 Å². The molecule has 0 saturated heterocycles. The molecule has 0 aromatic rings. The van der Waals surface area contributed by atoms with Gasteiger partial charge in [0.05, 0.1) is 23.2 Å². The van der Waals surface area contributed by atoms with E-state index in [0.717, 1.165) is 71.6 Å². The Morgan fingerprint density at radius 1 is 0.263 bits per heavy atom. The average molecular weight is 1760 g/mol. The molecule has 0 aliphatic rings. The molecule has 33 heteroatoms. The molecule has 0 fully saturated rings. The normalized spacial score (nSPS) is 13.5.